The van der Waals surface area contributed by atoms with Crippen molar-refractivity contribution in [2.75, 3.05) is 0 Å². The van der Waals surface area contributed by atoms with E-state index in [9.17, 15) is 13.2 Å². The van der Waals surface area contributed by atoms with E-state index in [0.717, 1.165) is 24.8 Å². The Kier molecular flexibility index (Phi) is 5.09. The molecule has 33 heavy (non-hydrogen) atoms. The summed E-state index contributed by atoms with van der Waals surface area (Å²) in [5, 5.41) is 4.55. The van der Waals surface area contributed by atoms with Gasteiger partial charge in [0.1, 0.15) is 0 Å². The molecule has 1 heterocycles. The number of aromatic nitrogens is 2. The molecule has 7 heteroatoms. The molecule has 0 N–H and O–H groups in total. The molecule has 0 amide bonds. The van der Waals surface area contributed by atoms with Gasteiger partial charge in [-0.05, 0) is 103 Å². The van der Waals surface area contributed by atoms with Gasteiger partial charge in [-0.2, -0.15) is 5.10 Å². The highest BCUT2D eigenvalue weighted by molar-refractivity contribution is 7.91. The summed E-state index contributed by atoms with van der Waals surface area (Å²) in [6, 6.07) is 6.75. The highest BCUT2D eigenvalue weighted by atomic mass is 32.2. The number of benzene rings is 1. The van der Waals surface area contributed by atoms with Crippen molar-refractivity contribution in [3.63, 3.8) is 0 Å². The maximum atomic E-state index is 13.8. The number of ether oxygens (including phenoxy) is 1. The standard InChI is InChI=1S/C26H34N2O4S/c1-16-6-8-21(9-7-16)33(30,31)22-17(2)27-28(25(3,4)5)23(22)32-24(29)26-13-18-10-19(14-26)12-20(11-18)15-26/h6-9,18-20H,10-15H2,1-5H3. The van der Waals surface area contributed by atoms with Gasteiger partial charge in [0.15, 0.2) is 4.90 Å². The van der Waals surface area contributed by atoms with E-state index in [4.69, 9.17) is 4.74 Å². The Morgan fingerprint density at radius 3 is 2.00 bits per heavy atom. The summed E-state index contributed by atoms with van der Waals surface area (Å²) in [7, 11) is -3.92. The summed E-state index contributed by atoms with van der Waals surface area (Å²) in [5.74, 6) is 1.56. The first-order valence-electron chi connectivity index (χ1n) is 12.0. The van der Waals surface area contributed by atoms with Crippen LogP contribution in [0.5, 0.6) is 5.88 Å². The maximum Gasteiger partial charge on any atom is 0.318 e. The van der Waals surface area contributed by atoms with Crippen LogP contribution >= 0.6 is 0 Å². The molecule has 4 saturated carbocycles. The Balaban J connectivity index is 1.58. The van der Waals surface area contributed by atoms with Crippen LogP contribution in [0.2, 0.25) is 0 Å². The average Bonchev–Trinajstić information content (AvgIpc) is 3.04. The molecule has 0 saturated heterocycles. The summed E-state index contributed by atoms with van der Waals surface area (Å²) < 4.78 is 35.1. The SMILES string of the molecule is Cc1ccc(S(=O)(=O)c2c(C)nn(C(C)(C)C)c2OC(=O)C23CC4CC(CC(C4)C2)C3)cc1. The van der Waals surface area contributed by atoms with Crippen LogP contribution in [-0.2, 0) is 20.2 Å². The third-order valence-electron chi connectivity index (χ3n) is 7.86. The summed E-state index contributed by atoms with van der Waals surface area (Å²) in [5.41, 5.74) is 0.284. The lowest BCUT2D eigenvalue weighted by atomic mass is 9.49. The minimum Gasteiger partial charge on any atom is -0.406 e. The topological polar surface area (TPSA) is 78.3 Å². The van der Waals surface area contributed by atoms with Crippen molar-refractivity contribution in [1.82, 2.24) is 9.78 Å². The number of carbonyl (C=O) groups excluding carboxylic acids is 1. The molecule has 1 aromatic heterocycles. The largest absolute Gasteiger partial charge is 0.406 e. The van der Waals surface area contributed by atoms with Gasteiger partial charge in [0.2, 0.25) is 15.7 Å². The zero-order valence-electron chi connectivity index (χ0n) is 20.2. The first-order chi connectivity index (χ1) is 15.4. The highest BCUT2D eigenvalue weighted by Gasteiger charge is 2.56. The van der Waals surface area contributed by atoms with Crippen molar-refractivity contribution in [3.8, 4) is 5.88 Å². The first-order valence-corrected chi connectivity index (χ1v) is 13.5. The summed E-state index contributed by atoms with van der Waals surface area (Å²) >= 11 is 0. The zero-order chi connectivity index (χ0) is 23.8. The van der Waals surface area contributed by atoms with Crippen LogP contribution < -0.4 is 4.74 Å². The third kappa shape index (κ3) is 3.72. The molecule has 0 atom stereocenters. The van der Waals surface area contributed by atoms with Crippen LogP contribution in [0.4, 0.5) is 0 Å². The van der Waals surface area contributed by atoms with Gasteiger partial charge >= 0.3 is 5.97 Å². The maximum absolute atomic E-state index is 13.8. The smallest absolute Gasteiger partial charge is 0.318 e. The van der Waals surface area contributed by atoms with Crippen molar-refractivity contribution >= 4 is 15.8 Å². The number of aryl methyl sites for hydroxylation is 2. The Morgan fingerprint density at radius 2 is 1.52 bits per heavy atom. The lowest BCUT2D eigenvalue weighted by Crippen LogP contribution is -2.51. The molecule has 2 aromatic rings. The molecule has 6 rings (SSSR count). The van der Waals surface area contributed by atoms with E-state index in [-0.39, 0.29) is 21.6 Å². The number of nitrogens with zero attached hydrogens (tertiary/aromatic N) is 2. The van der Waals surface area contributed by atoms with Crippen molar-refractivity contribution in [3.05, 3.63) is 35.5 Å². The van der Waals surface area contributed by atoms with Gasteiger partial charge < -0.3 is 4.74 Å². The fourth-order valence-corrected chi connectivity index (χ4v) is 8.26. The second-order valence-corrected chi connectivity index (χ2v) is 13.6. The second kappa shape index (κ2) is 7.42. The summed E-state index contributed by atoms with van der Waals surface area (Å²) in [6.45, 7) is 9.39. The molecule has 1 aromatic carbocycles. The number of sulfone groups is 1. The van der Waals surface area contributed by atoms with E-state index in [2.05, 4.69) is 5.10 Å². The van der Waals surface area contributed by atoms with Gasteiger partial charge in [-0.3, -0.25) is 4.79 Å². The normalized spacial score (nSPS) is 28.8. The molecular formula is C26H34N2O4S. The molecule has 178 valence electrons. The minimum absolute atomic E-state index is 0.000596. The van der Waals surface area contributed by atoms with Crippen LogP contribution in [0.15, 0.2) is 34.1 Å². The Bertz CT molecular complexity index is 1170. The fraction of sp³-hybridized carbons (Fsp3) is 0.615. The van der Waals surface area contributed by atoms with Gasteiger partial charge in [0.05, 0.1) is 21.5 Å². The molecule has 0 spiro atoms. The lowest BCUT2D eigenvalue weighted by Gasteiger charge is -2.55. The van der Waals surface area contributed by atoms with Crippen molar-refractivity contribution in [2.24, 2.45) is 23.2 Å². The van der Waals surface area contributed by atoms with Crippen LogP contribution in [0.3, 0.4) is 0 Å². The Hall–Kier alpha value is -2.15. The molecule has 6 nitrogen and oxygen atoms in total. The van der Waals surface area contributed by atoms with Crippen molar-refractivity contribution < 1.29 is 17.9 Å². The second-order valence-electron chi connectivity index (χ2n) is 11.7. The van der Waals surface area contributed by atoms with Crippen LogP contribution in [0.25, 0.3) is 0 Å². The van der Waals surface area contributed by atoms with E-state index in [0.29, 0.717) is 23.4 Å². The van der Waals surface area contributed by atoms with E-state index < -0.39 is 20.8 Å². The van der Waals surface area contributed by atoms with Crippen LogP contribution in [-0.4, -0.2) is 24.2 Å². The number of hydrogen-bond donors (Lipinski definition) is 0. The fourth-order valence-electron chi connectivity index (χ4n) is 6.74. The first kappa shape index (κ1) is 22.6. The molecule has 4 bridgehead atoms. The van der Waals surface area contributed by atoms with E-state index in [1.54, 1.807) is 35.9 Å². The van der Waals surface area contributed by atoms with Gasteiger partial charge in [-0.15, -0.1) is 0 Å². The van der Waals surface area contributed by atoms with Gasteiger partial charge in [-0.25, -0.2) is 13.1 Å². The van der Waals surface area contributed by atoms with E-state index in [1.807, 2.05) is 27.7 Å². The molecule has 0 radical (unpaired) electrons. The predicted molar refractivity (Wildman–Crippen MR) is 125 cm³/mol. The monoisotopic (exact) mass is 470 g/mol. The average molecular weight is 471 g/mol. The van der Waals surface area contributed by atoms with Crippen molar-refractivity contribution in [2.45, 2.75) is 88.5 Å². The number of carbonyl (C=O) groups is 1. The van der Waals surface area contributed by atoms with Crippen LogP contribution in [0, 0.1) is 37.0 Å². The van der Waals surface area contributed by atoms with Crippen LogP contribution in [0.1, 0.15) is 70.6 Å². The third-order valence-corrected chi connectivity index (χ3v) is 9.76. The minimum atomic E-state index is -3.92. The zero-order valence-corrected chi connectivity index (χ0v) is 21.0. The molecule has 4 aliphatic carbocycles. The number of rotatable bonds is 4. The lowest BCUT2D eigenvalue weighted by molar-refractivity contribution is -0.162. The number of hydrogen-bond acceptors (Lipinski definition) is 5. The quantitative estimate of drug-likeness (QED) is 0.573. The molecule has 4 fully saturated rings. The number of esters is 1. The van der Waals surface area contributed by atoms with Gasteiger partial charge in [-0.1, -0.05) is 17.7 Å². The Labute approximate surface area is 196 Å². The summed E-state index contributed by atoms with van der Waals surface area (Å²) in [6.07, 6.45) is 6.25. The predicted octanol–water partition coefficient (Wildman–Crippen LogP) is 5.21. The van der Waals surface area contributed by atoms with E-state index in [1.165, 1.54) is 19.3 Å². The molecule has 0 unspecified atom stereocenters. The Morgan fingerprint density at radius 1 is 1.00 bits per heavy atom. The molecular weight excluding hydrogens is 436 g/mol. The van der Waals surface area contributed by atoms with Gasteiger partial charge in [0.25, 0.3) is 0 Å². The van der Waals surface area contributed by atoms with Crippen molar-refractivity contribution in [1.29, 1.82) is 0 Å². The summed E-state index contributed by atoms with van der Waals surface area (Å²) in [4.78, 5) is 13.9. The van der Waals surface area contributed by atoms with Gasteiger partial charge in [0, 0.05) is 0 Å². The van der Waals surface area contributed by atoms with E-state index >= 15 is 0 Å². The highest BCUT2D eigenvalue weighted by Crippen LogP contribution is 2.60. The molecule has 0 aliphatic heterocycles. The molecule has 4 aliphatic rings.